The summed E-state index contributed by atoms with van der Waals surface area (Å²) in [7, 11) is 4.60. The van der Waals surface area contributed by atoms with Crippen LogP contribution < -0.4 is 25.5 Å². The zero-order valence-corrected chi connectivity index (χ0v) is 18.9. The van der Waals surface area contributed by atoms with Crippen molar-refractivity contribution in [1.29, 1.82) is 10.5 Å². The van der Waals surface area contributed by atoms with Crippen molar-refractivity contribution in [2.45, 2.75) is 12.8 Å². The second-order valence-corrected chi connectivity index (χ2v) is 7.49. The summed E-state index contributed by atoms with van der Waals surface area (Å²) in [6, 6.07) is 14.4. The van der Waals surface area contributed by atoms with Crippen molar-refractivity contribution in [2.75, 3.05) is 27.1 Å². The van der Waals surface area contributed by atoms with Crippen LogP contribution in [0.3, 0.4) is 0 Å². The zero-order valence-electron chi connectivity index (χ0n) is 18.9. The predicted molar refractivity (Wildman–Crippen MR) is 126 cm³/mol. The molecule has 2 aromatic carbocycles. The number of nitrogens with zero attached hydrogens (tertiary/aromatic N) is 4. The van der Waals surface area contributed by atoms with E-state index in [-0.39, 0.29) is 22.5 Å². The molecule has 9 nitrogen and oxygen atoms in total. The lowest BCUT2D eigenvalue weighted by Gasteiger charge is -2.14. The molecule has 0 bridgehead atoms. The average molecular weight is 455 g/mol. The van der Waals surface area contributed by atoms with Crippen molar-refractivity contribution >= 4 is 11.5 Å². The summed E-state index contributed by atoms with van der Waals surface area (Å²) in [4.78, 5) is 13.3. The number of nitrogens with two attached hydrogens (primary N) is 1. The number of methoxy groups -OCH3 is 3. The van der Waals surface area contributed by atoms with Gasteiger partial charge in [0.1, 0.15) is 34.8 Å². The maximum Gasteiger partial charge on any atom is 0.291 e. The monoisotopic (exact) mass is 455 g/mol. The van der Waals surface area contributed by atoms with Gasteiger partial charge in [-0.1, -0.05) is 12.1 Å². The highest BCUT2D eigenvalue weighted by Crippen LogP contribution is 2.36. The van der Waals surface area contributed by atoms with E-state index in [9.17, 15) is 15.3 Å². The minimum Gasteiger partial charge on any atom is -0.497 e. The number of hydrogen-bond donors (Lipinski definition) is 1. The van der Waals surface area contributed by atoms with Gasteiger partial charge in [-0.15, -0.1) is 0 Å². The number of nitrogen functional groups attached to an aromatic ring is 1. The van der Waals surface area contributed by atoms with Gasteiger partial charge in [-0.3, -0.25) is 4.79 Å². The summed E-state index contributed by atoms with van der Waals surface area (Å²) in [5.74, 6) is 1.49. The van der Waals surface area contributed by atoms with Crippen LogP contribution in [0.5, 0.6) is 17.2 Å². The Labute approximate surface area is 195 Å². The molecule has 0 unspecified atom stereocenters. The van der Waals surface area contributed by atoms with Crippen LogP contribution in [0.4, 0.5) is 5.82 Å². The maximum atomic E-state index is 13.3. The van der Waals surface area contributed by atoms with Crippen molar-refractivity contribution in [2.24, 2.45) is 5.10 Å². The first-order valence-corrected chi connectivity index (χ1v) is 10.3. The minimum absolute atomic E-state index is 0.0146. The van der Waals surface area contributed by atoms with Crippen LogP contribution in [0.2, 0.25) is 0 Å². The van der Waals surface area contributed by atoms with Crippen molar-refractivity contribution in [1.82, 2.24) is 4.68 Å². The minimum atomic E-state index is -0.710. The summed E-state index contributed by atoms with van der Waals surface area (Å²) in [6.07, 6.45) is 1.22. The molecule has 0 amide bonds. The number of nitriles is 2. The number of ether oxygens (including phenoxy) is 3. The van der Waals surface area contributed by atoms with E-state index < -0.39 is 5.56 Å². The molecule has 0 atom stereocenters. The molecule has 2 N–H and O–H groups in total. The third-order valence-corrected chi connectivity index (χ3v) is 5.74. The Morgan fingerprint density at radius 3 is 2.32 bits per heavy atom. The van der Waals surface area contributed by atoms with Crippen LogP contribution in [-0.4, -0.2) is 31.7 Å². The highest BCUT2D eigenvalue weighted by Gasteiger charge is 2.25. The number of pyridine rings is 1. The number of rotatable bonds is 5. The Kier molecular flexibility index (Phi) is 5.94. The predicted octanol–water partition coefficient (Wildman–Crippen LogP) is 3.07. The van der Waals surface area contributed by atoms with E-state index in [0.29, 0.717) is 41.4 Å². The summed E-state index contributed by atoms with van der Waals surface area (Å²) in [6.45, 7) is 0. The lowest BCUT2D eigenvalue weighted by atomic mass is 9.96. The summed E-state index contributed by atoms with van der Waals surface area (Å²) in [5, 5.41) is 24.2. The van der Waals surface area contributed by atoms with Crippen LogP contribution in [0.15, 0.2) is 46.3 Å². The van der Waals surface area contributed by atoms with Gasteiger partial charge >= 0.3 is 0 Å². The van der Waals surface area contributed by atoms with E-state index in [1.54, 1.807) is 37.4 Å². The fraction of sp³-hybridized carbons (Fsp3) is 0.200. The van der Waals surface area contributed by atoms with Gasteiger partial charge in [-0.05, 0) is 48.2 Å². The summed E-state index contributed by atoms with van der Waals surface area (Å²) < 4.78 is 16.9. The van der Waals surface area contributed by atoms with E-state index in [4.69, 9.17) is 19.9 Å². The molecular formula is C25H21N5O4. The number of aryl methyl sites for hydroxylation is 1. The molecule has 0 aliphatic heterocycles. The van der Waals surface area contributed by atoms with Crippen molar-refractivity contribution in [3.63, 3.8) is 0 Å². The van der Waals surface area contributed by atoms with E-state index >= 15 is 0 Å². The second kappa shape index (κ2) is 9.00. The first kappa shape index (κ1) is 22.4. The SMILES string of the molecule is COc1cccc(-c2c(C#N)c(N)n(/N=C3\CCc4cc(OC)c(OC)cc43)c(=O)c2C#N)c1. The molecule has 0 saturated heterocycles. The highest BCUT2D eigenvalue weighted by atomic mass is 16.5. The molecule has 0 fully saturated rings. The van der Waals surface area contributed by atoms with Crippen LogP contribution in [0, 0.1) is 22.7 Å². The Morgan fingerprint density at radius 2 is 1.68 bits per heavy atom. The normalized spacial score (nSPS) is 13.1. The largest absolute Gasteiger partial charge is 0.497 e. The van der Waals surface area contributed by atoms with Gasteiger partial charge in [0, 0.05) is 11.1 Å². The van der Waals surface area contributed by atoms with Gasteiger partial charge in [0.05, 0.1) is 27.0 Å². The lowest BCUT2D eigenvalue weighted by molar-refractivity contribution is 0.354. The Bertz CT molecular complexity index is 1470. The van der Waals surface area contributed by atoms with Crippen LogP contribution >= 0.6 is 0 Å². The molecule has 0 saturated carbocycles. The number of hydrogen-bond acceptors (Lipinski definition) is 8. The van der Waals surface area contributed by atoms with Crippen molar-refractivity contribution < 1.29 is 14.2 Å². The molecular weight excluding hydrogens is 434 g/mol. The molecule has 3 aromatic rings. The second-order valence-electron chi connectivity index (χ2n) is 7.49. The van der Waals surface area contributed by atoms with E-state index in [0.717, 1.165) is 15.8 Å². The van der Waals surface area contributed by atoms with Gasteiger partial charge in [-0.2, -0.15) is 20.3 Å². The molecule has 1 heterocycles. The topological polar surface area (TPSA) is 136 Å². The van der Waals surface area contributed by atoms with Crippen LogP contribution in [0.1, 0.15) is 28.7 Å². The van der Waals surface area contributed by atoms with Gasteiger partial charge in [0.2, 0.25) is 0 Å². The quantitative estimate of drug-likeness (QED) is 0.624. The number of aromatic nitrogens is 1. The fourth-order valence-electron chi connectivity index (χ4n) is 4.07. The smallest absolute Gasteiger partial charge is 0.291 e. The third kappa shape index (κ3) is 3.59. The van der Waals surface area contributed by atoms with Gasteiger partial charge in [0.25, 0.3) is 5.56 Å². The summed E-state index contributed by atoms with van der Waals surface area (Å²) >= 11 is 0. The van der Waals surface area contributed by atoms with Gasteiger partial charge < -0.3 is 19.9 Å². The maximum absolute atomic E-state index is 13.3. The molecule has 0 spiro atoms. The Hall–Kier alpha value is -4.76. The third-order valence-electron chi connectivity index (χ3n) is 5.74. The molecule has 34 heavy (non-hydrogen) atoms. The van der Waals surface area contributed by atoms with Crippen LogP contribution in [-0.2, 0) is 6.42 Å². The number of fused-ring (bicyclic) bond motifs is 1. The average Bonchev–Trinajstić information content (AvgIpc) is 3.26. The molecule has 0 radical (unpaired) electrons. The first-order chi connectivity index (χ1) is 16.5. The van der Waals surface area contributed by atoms with E-state index in [1.165, 1.54) is 14.2 Å². The van der Waals surface area contributed by atoms with Crippen molar-refractivity contribution in [3.05, 3.63) is 69.0 Å². The molecule has 4 rings (SSSR count). The van der Waals surface area contributed by atoms with Crippen LogP contribution in [0.25, 0.3) is 11.1 Å². The number of benzene rings is 2. The van der Waals surface area contributed by atoms with Gasteiger partial charge in [0.15, 0.2) is 11.5 Å². The first-order valence-electron chi connectivity index (χ1n) is 10.3. The van der Waals surface area contributed by atoms with Crippen molar-refractivity contribution in [3.8, 4) is 40.5 Å². The molecule has 170 valence electrons. The van der Waals surface area contributed by atoms with E-state index in [1.807, 2.05) is 18.2 Å². The molecule has 1 aliphatic rings. The molecule has 9 heteroatoms. The lowest BCUT2D eigenvalue weighted by Crippen LogP contribution is -2.26. The Morgan fingerprint density at radius 1 is 0.971 bits per heavy atom. The number of anilines is 1. The molecule has 1 aromatic heterocycles. The Balaban J connectivity index is 1.95. The van der Waals surface area contributed by atoms with E-state index in [2.05, 4.69) is 5.10 Å². The zero-order chi connectivity index (χ0) is 24.4. The van der Waals surface area contributed by atoms with Gasteiger partial charge in [-0.25, -0.2) is 0 Å². The fourth-order valence-corrected chi connectivity index (χ4v) is 4.07. The highest BCUT2D eigenvalue weighted by molar-refractivity contribution is 6.05. The standard InChI is InChI=1S/C25H21N5O4/c1-32-16-6-4-5-15(9-16)23-18(12-26)24(28)30(25(31)19(23)13-27)29-20-8-7-14-10-21(33-2)22(34-3)11-17(14)20/h4-6,9-11H,7-8,28H2,1-3H3/b29-20+. The summed E-state index contributed by atoms with van der Waals surface area (Å²) in [5.41, 5.74) is 8.31. The molecule has 1 aliphatic carbocycles.